The maximum absolute atomic E-state index is 12.2. The molecule has 0 bridgehead atoms. The highest BCUT2D eigenvalue weighted by atomic mass is 16.5. The molecule has 0 saturated heterocycles. The Hall–Kier alpha value is -1.55. The molecule has 4 nitrogen and oxygen atoms in total. The number of methoxy groups -OCH3 is 1. The predicted molar refractivity (Wildman–Crippen MR) is 92.7 cm³/mol. The Morgan fingerprint density at radius 3 is 2.74 bits per heavy atom. The summed E-state index contributed by atoms with van der Waals surface area (Å²) in [5, 5.41) is 2.87. The number of ether oxygens (including phenoxy) is 2. The van der Waals surface area contributed by atoms with Crippen molar-refractivity contribution in [2.45, 2.75) is 46.1 Å². The number of benzene rings is 1. The predicted octanol–water partition coefficient (Wildman–Crippen LogP) is 4.11. The van der Waals surface area contributed by atoms with Crippen LogP contribution in [-0.4, -0.2) is 25.7 Å². The first-order chi connectivity index (χ1) is 11.0. The van der Waals surface area contributed by atoms with Gasteiger partial charge in [0.15, 0.2) is 0 Å². The molecule has 1 aliphatic carbocycles. The third-order valence-electron chi connectivity index (χ3n) is 4.77. The fourth-order valence-corrected chi connectivity index (χ4v) is 3.42. The largest absolute Gasteiger partial charge is 0.495 e. The second-order valence-corrected chi connectivity index (χ2v) is 6.92. The number of hydrogen-bond donors (Lipinski definition) is 1. The Kier molecular flexibility index (Phi) is 6.46. The number of hydrogen-bond acceptors (Lipinski definition) is 3. The van der Waals surface area contributed by atoms with Crippen LogP contribution in [-0.2, 0) is 9.53 Å². The highest BCUT2D eigenvalue weighted by molar-refractivity contribution is 5.93. The van der Waals surface area contributed by atoms with Crippen molar-refractivity contribution in [2.75, 3.05) is 19.0 Å². The van der Waals surface area contributed by atoms with Gasteiger partial charge in [0.25, 0.3) is 0 Å². The minimum atomic E-state index is -0.129. The van der Waals surface area contributed by atoms with Gasteiger partial charge in [-0.1, -0.05) is 39.3 Å². The van der Waals surface area contributed by atoms with Gasteiger partial charge in [-0.3, -0.25) is 4.79 Å². The van der Waals surface area contributed by atoms with Gasteiger partial charge in [-0.2, -0.15) is 0 Å². The molecular formula is C19H29NO3. The number of amides is 1. The lowest BCUT2D eigenvalue weighted by atomic mass is 9.75. The Labute approximate surface area is 139 Å². The van der Waals surface area contributed by atoms with Crippen molar-refractivity contribution >= 4 is 11.6 Å². The van der Waals surface area contributed by atoms with E-state index in [0.29, 0.717) is 29.2 Å². The highest BCUT2D eigenvalue weighted by Crippen LogP contribution is 2.35. The van der Waals surface area contributed by atoms with Gasteiger partial charge in [0, 0.05) is 0 Å². The molecule has 1 aromatic rings. The van der Waals surface area contributed by atoms with Gasteiger partial charge in [-0.25, -0.2) is 0 Å². The summed E-state index contributed by atoms with van der Waals surface area (Å²) in [6.07, 6.45) is 3.68. The van der Waals surface area contributed by atoms with Crippen LogP contribution in [0.25, 0.3) is 0 Å². The maximum Gasteiger partial charge on any atom is 0.250 e. The summed E-state index contributed by atoms with van der Waals surface area (Å²) in [5.74, 6) is 2.34. The van der Waals surface area contributed by atoms with Gasteiger partial charge >= 0.3 is 0 Å². The maximum atomic E-state index is 12.2. The van der Waals surface area contributed by atoms with Crippen molar-refractivity contribution in [1.29, 1.82) is 0 Å². The van der Waals surface area contributed by atoms with E-state index in [0.717, 1.165) is 6.42 Å². The topological polar surface area (TPSA) is 47.6 Å². The van der Waals surface area contributed by atoms with Crippen molar-refractivity contribution < 1.29 is 14.3 Å². The van der Waals surface area contributed by atoms with Crippen molar-refractivity contribution in [3.05, 3.63) is 24.3 Å². The third-order valence-corrected chi connectivity index (χ3v) is 4.77. The lowest BCUT2D eigenvalue weighted by molar-refractivity contribution is -0.126. The quantitative estimate of drug-likeness (QED) is 0.858. The molecule has 0 radical (unpaired) electrons. The van der Waals surface area contributed by atoms with E-state index in [1.54, 1.807) is 7.11 Å². The van der Waals surface area contributed by atoms with E-state index in [9.17, 15) is 4.79 Å². The van der Waals surface area contributed by atoms with Crippen LogP contribution in [0.5, 0.6) is 5.75 Å². The Balaban J connectivity index is 1.89. The molecule has 2 rings (SSSR count). The second-order valence-electron chi connectivity index (χ2n) is 6.92. The Bertz CT molecular complexity index is 515. The average molecular weight is 319 g/mol. The zero-order valence-electron chi connectivity index (χ0n) is 14.7. The highest BCUT2D eigenvalue weighted by Gasteiger charge is 2.31. The van der Waals surface area contributed by atoms with Gasteiger partial charge in [-0.05, 0) is 42.7 Å². The molecule has 23 heavy (non-hydrogen) atoms. The van der Waals surface area contributed by atoms with Crippen LogP contribution >= 0.6 is 0 Å². The van der Waals surface area contributed by atoms with Crippen molar-refractivity contribution in [3.63, 3.8) is 0 Å². The van der Waals surface area contributed by atoms with Crippen LogP contribution in [0, 0.1) is 17.8 Å². The Morgan fingerprint density at radius 1 is 1.30 bits per heavy atom. The summed E-state index contributed by atoms with van der Waals surface area (Å²) < 4.78 is 11.2. The molecule has 0 aromatic heterocycles. The van der Waals surface area contributed by atoms with Crippen LogP contribution in [0.15, 0.2) is 24.3 Å². The standard InChI is InChI=1S/C19H29NO3/c1-13(2)15-10-9-14(3)11-18(15)23-12-19(21)20-16-7-5-6-8-17(16)22-4/h5-8,13-15,18H,9-12H2,1-4H3,(H,20,21)/t14-,15+,18-/m1/s1. The summed E-state index contributed by atoms with van der Waals surface area (Å²) in [6, 6.07) is 7.41. The van der Waals surface area contributed by atoms with Crippen molar-refractivity contribution in [3.8, 4) is 5.75 Å². The number of anilines is 1. The second kappa shape index (κ2) is 8.34. The van der Waals surface area contributed by atoms with Gasteiger partial charge in [-0.15, -0.1) is 0 Å². The molecule has 1 fully saturated rings. The Morgan fingerprint density at radius 2 is 2.04 bits per heavy atom. The molecule has 1 amide bonds. The molecule has 1 N–H and O–H groups in total. The normalized spacial score (nSPS) is 24.5. The third kappa shape index (κ3) is 4.96. The average Bonchev–Trinajstić information content (AvgIpc) is 2.53. The minimum absolute atomic E-state index is 0.0959. The molecule has 128 valence electrons. The van der Waals surface area contributed by atoms with E-state index < -0.39 is 0 Å². The number of carbonyl (C=O) groups excluding carboxylic acids is 1. The van der Waals surface area contributed by atoms with Crippen LogP contribution in [0.2, 0.25) is 0 Å². The molecule has 0 aliphatic heterocycles. The van der Waals surface area contributed by atoms with Crippen LogP contribution < -0.4 is 10.1 Å². The summed E-state index contributed by atoms with van der Waals surface area (Å²) in [6.45, 7) is 6.85. The zero-order valence-corrected chi connectivity index (χ0v) is 14.7. The molecule has 3 atom stereocenters. The molecule has 1 aliphatic rings. The van der Waals surface area contributed by atoms with E-state index in [1.165, 1.54) is 12.8 Å². The first-order valence-electron chi connectivity index (χ1n) is 8.55. The van der Waals surface area contributed by atoms with E-state index in [-0.39, 0.29) is 18.6 Å². The van der Waals surface area contributed by atoms with E-state index in [1.807, 2.05) is 24.3 Å². The van der Waals surface area contributed by atoms with Gasteiger partial charge in [0.2, 0.25) is 5.91 Å². The molecule has 1 aromatic carbocycles. The van der Waals surface area contributed by atoms with Gasteiger partial charge in [0.05, 0.1) is 18.9 Å². The first kappa shape index (κ1) is 17.8. The molecule has 0 heterocycles. The lowest BCUT2D eigenvalue weighted by Crippen LogP contribution is -2.36. The van der Waals surface area contributed by atoms with Crippen molar-refractivity contribution in [2.24, 2.45) is 17.8 Å². The minimum Gasteiger partial charge on any atom is -0.495 e. The number of nitrogens with one attached hydrogen (secondary N) is 1. The molecule has 1 saturated carbocycles. The number of para-hydroxylation sites is 2. The smallest absolute Gasteiger partial charge is 0.250 e. The first-order valence-corrected chi connectivity index (χ1v) is 8.55. The zero-order chi connectivity index (χ0) is 16.8. The van der Waals surface area contributed by atoms with E-state index >= 15 is 0 Å². The fraction of sp³-hybridized carbons (Fsp3) is 0.632. The summed E-state index contributed by atoms with van der Waals surface area (Å²) in [7, 11) is 1.60. The van der Waals surface area contributed by atoms with Crippen LogP contribution in [0.1, 0.15) is 40.0 Å². The van der Waals surface area contributed by atoms with Crippen LogP contribution in [0.3, 0.4) is 0 Å². The summed E-state index contributed by atoms with van der Waals surface area (Å²) >= 11 is 0. The molecule has 4 heteroatoms. The SMILES string of the molecule is COc1ccccc1NC(=O)CO[C@@H]1C[C@H](C)CC[C@H]1C(C)C. The molecule has 0 unspecified atom stereocenters. The lowest BCUT2D eigenvalue weighted by Gasteiger charge is -2.37. The number of carbonyl (C=O) groups is 1. The van der Waals surface area contributed by atoms with Gasteiger partial charge < -0.3 is 14.8 Å². The van der Waals surface area contributed by atoms with E-state index in [2.05, 4.69) is 26.1 Å². The monoisotopic (exact) mass is 319 g/mol. The van der Waals surface area contributed by atoms with Gasteiger partial charge in [0.1, 0.15) is 12.4 Å². The molecule has 0 spiro atoms. The number of rotatable bonds is 6. The fourth-order valence-electron chi connectivity index (χ4n) is 3.42. The van der Waals surface area contributed by atoms with E-state index in [4.69, 9.17) is 9.47 Å². The molecular weight excluding hydrogens is 290 g/mol. The summed E-state index contributed by atoms with van der Waals surface area (Å²) in [4.78, 5) is 12.2. The summed E-state index contributed by atoms with van der Waals surface area (Å²) in [5.41, 5.74) is 0.682. The van der Waals surface area contributed by atoms with Crippen LogP contribution in [0.4, 0.5) is 5.69 Å². The van der Waals surface area contributed by atoms with Crippen molar-refractivity contribution in [1.82, 2.24) is 0 Å².